The van der Waals surface area contributed by atoms with E-state index in [0.29, 0.717) is 12.2 Å². The number of carbonyl (C=O) groups excluding carboxylic acids is 1. The summed E-state index contributed by atoms with van der Waals surface area (Å²) in [5.74, 6) is 0.785. The number of carbonyl (C=O) groups is 1. The predicted molar refractivity (Wildman–Crippen MR) is 73.6 cm³/mol. The van der Waals surface area contributed by atoms with Crippen LogP contribution in [0.4, 0.5) is 0 Å². The molecule has 100 valence electrons. The van der Waals surface area contributed by atoms with Crippen LogP contribution < -0.4 is 15.4 Å². The highest BCUT2D eigenvalue weighted by molar-refractivity contribution is 5.94. The Labute approximate surface area is 114 Å². The van der Waals surface area contributed by atoms with Gasteiger partial charge >= 0.3 is 0 Å². The number of amides is 1. The van der Waals surface area contributed by atoms with Crippen LogP contribution in [-0.4, -0.2) is 31.6 Å². The van der Waals surface area contributed by atoms with Crippen molar-refractivity contribution in [3.05, 3.63) is 29.8 Å². The van der Waals surface area contributed by atoms with Crippen molar-refractivity contribution in [2.75, 3.05) is 19.7 Å². The minimum absolute atomic E-state index is 0. The van der Waals surface area contributed by atoms with E-state index in [9.17, 15) is 4.79 Å². The second-order valence-corrected chi connectivity index (χ2v) is 4.12. The fourth-order valence-electron chi connectivity index (χ4n) is 1.92. The first kappa shape index (κ1) is 14.8. The maximum Gasteiger partial charge on any atom is 0.251 e. The Kier molecular flexibility index (Phi) is 5.95. The topological polar surface area (TPSA) is 50.4 Å². The molecule has 1 aliphatic rings. The molecule has 1 unspecified atom stereocenters. The van der Waals surface area contributed by atoms with Crippen LogP contribution in [0.15, 0.2) is 24.3 Å². The summed E-state index contributed by atoms with van der Waals surface area (Å²) in [5, 5.41) is 6.22. The monoisotopic (exact) mass is 270 g/mol. The molecule has 0 bridgehead atoms. The quantitative estimate of drug-likeness (QED) is 0.874. The van der Waals surface area contributed by atoms with Gasteiger partial charge in [-0.1, -0.05) is 0 Å². The highest BCUT2D eigenvalue weighted by Crippen LogP contribution is 2.12. The average Bonchev–Trinajstić information content (AvgIpc) is 2.83. The molecule has 18 heavy (non-hydrogen) atoms. The summed E-state index contributed by atoms with van der Waals surface area (Å²) in [6, 6.07) is 7.50. The van der Waals surface area contributed by atoms with Crippen molar-refractivity contribution in [2.24, 2.45) is 0 Å². The summed E-state index contributed by atoms with van der Waals surface area (Å²) in [6.07, 6.45) is 1.00. The van der Waals surface area contributed by atoms with Crippen LogP contribution in [0.1, 0.15) is 23.7 Å². The maximum absolute atomic E-state index is 11.9. The number of nitrogens with one attached hydrogen (secondary N) is 2. The lowest BCUT2D eigenvalue weighted by atomic mass is 10.2. The lowest BCUT2D eigenvalue weighted by molar-refractivity contribution is 0.0940. The van der Waals surface area contributed by atoms with Crippen LogP contribution in [0.25, 0.3) is 0 Å². The van der Waals surface area contributed by atoms with Gasteiger partial charge in [0, 0.05) is 18.2 Å². The number of hydrogen-bond acceptors (Lipinski definition) is 3. The molecule has 1 aliphatic heterocycles. The third kappa shape index (κ3) is 3.89. The van der Waals surface area contributed by atoms with E-state index in [0.717, 1.165) is 25.3 Å². The van der Waals surface area contributed by atoms with E-state index in [1.807, 2.05) is 19.1 Å². The van der Waals surface area contributed by atoms with Gasteiger partial charge in [0.25, 0.3) is 5.91 Å². The Hall–Kier alpha value is -1.26. The molecule has 0 aliphatic carbocycles. The van der Waals surface area contributed by atoms with E-state index in [4.69, 9.17) is 4.74 Å². The van der Waals surface area contributed by atoms with E-state index in [-0.39, 0.29) is 24.4 Å². The van der Waals surface area contributed by atoms with E-state index < -0.39 is 0 Å². The van der Waals surface area contributed by atoms with Crippen molar-refractivity contribution in [1.29, 1.82) is 0 Å². The lowest BCUT2D eigenvalue weighted by Gasteiger charge is -2.11. The molecule has 0 aromatic heterocycles. The van der Waals surface area contributed by atoms with E-state index in [1.54, 1.807) is 12.1 Å². The van der Waals surface area contributed by atoms with Crippen LogP contribution in [0, 0.1) is 0 Å². The fraction of sp³-hybridized carbons (Fsp3) is 0.462. The highest BCUT2D eigenvalue weighted by Gasteiger charge is 2.17. The van der Waals surface area contributed by atoms with Crippen LogP contribution in [-0.2, 0) is 0 Å². The summed E-state index contributed by atoms with van der Waals surface area (Å²) < 4.78 is 5.33. The normalized spacial score (nSPS) is 17.9. The molecular weight excluding hydrogens is 252 g/mol. The third-order valence-electron chi connectivity index (χ3n) is 2.82. The fourth-order valence-corrected chi connectivity index (χ4v) is 1.92. The molecule has 1 saturated heterocycles. The standard InChI is InChI=1S/C13H18N2O2.ClH/c1-2-17-12-5-3-10(4-6-12)13(16)15-11-7-8-14-9-11;/h3-6,11,14H,2,7-9H2,1H3,(H,15,16);1H. The summed E-state index contributed by atoms with van der Waals surface area (Å²) >= 11 is 0. The number of rotatable bonds is 4. The van der Waals surface area contributed by atoms with Gasteiger partial charge in [0.1, 0.15) is 5.75 Å². The molecule has 1 amide bonds. The van der Waals surface area contributed by atoms with Crippen molar-refractivity contribution in [2.45, 2.75) is 19.4 Å². The summed E-state index contributed by atoms with van der Waals surface area (Å²) in [5.41, 5.74) is 0.681. The Balaban J connectivity index is 0.00000162. The van der Waals surface area contributed by atoms with Gasteiger partial charge in [-0.3, -0.25) is 4.79 Å². The van der Waals surface area contributed by atoms with Gasteiger partial charge in [-0.15, -0.1) is 12.4 Å². The van der Waals surface area contributed by atoms with Gasteiger partial charge in [-0.05, 0) is 44.2 Å². The molecule has 1 fully saturated rings. The minimum Gasteiger partial charge on any atom is -0.494 e. The number of halogens is 1. The van der Waals surface area contributed by atoms with Crippen LogP contribution in [0.2, 0.25) is 0 Å². The van der Waals surface area contributed by atoms with Crippen molar-refractivity contribution in [1.82, 2.24) is 10.6 Å². The minimum atomic E-state index is -0.0123. The second-order valence-electron chi connectivity index (χ2n) is 4.12. The molecule has 2 N–H and O–H groups in total. The summed E-state index contributed by atoms with van der Waals surface area (Å²) in [7, 11) is 0. The summed E-state index contributed by atoms with van der Waals surface area (Å²) in [6.45, 7) is 4.42. The molecular formula is C13H19ClN2O2. The van der Waals surface area contributed by atoms with Gasteiger partial charge in [0.2, 0.25) is 0 Å². The Morgan fingerprint density at radius 3 is 2.72 bits per heavy atom. The van der Waals surface area contributed by atoms with Crippen LogP contribution in [0.3, 0.4) is 0 Å². The van der Waals surface area contributed by atoms with E-state index in [1.165, 1.54) is 0 Å². The zero-order chi connectivity index (χ0) is 12.1. The Morgan fingerprint density at radius 1 is 1.44 bits per heavy atom. The van der Waals surface area contributed by atoms with Crippen LogP contribution in [0.5, 0.6) is 5.75 Å². The lowest BCUT2D eigenvalue weighted by Crippen LogP contribution is -2.36. The highest BCUT2D eigenvalue weighted by atomic mass is 35.5. The van der Waals surface area contributed by atoms with Gasteiger partial charge in [-0.2, -0.15) is 0 Å². The maximum atomic E-state index is 11.9. The molecule has 0 saturated carbocycles. The van der Waals surface area contributed by atoms with Crippen molar-refractivity contribution in [3.8, 4) is 5.75 Å². The molecule has 4 nitrogen and oxygen atoms in total. The molecule has 5 heteroatoms. The third-order valence-corrected chi connectivity index (χ3v) is 2.82. The van der Waals surface area contributed by atoms with Gasteiger partial charge in [-0.25, -0.2) is 0 Å². The second kappa shape index (κ2) is 7.24. The largest absolute Gasteiger partial charge is 0.494 e. The van der Waals surface area contributed by atoms with Crippen molar-refractivity contribution >= 4 is 18.3 Å². The zero-order valence-corrected chi connectivity index (χ0v) is 11.3. The first-order chi connectivity index (χ1) is 8.29. The van der Waals surface area contributed by atoms with Crippen LogP contribution >= 0.6 is 12.4 Å². The van der Waals surface area contributed by atoms with Gasteiger partial charge in [0.15, 0.2) is 0 Å². The van der Waals surface area contributed by atoms with Gasteiger partial charge < -0.3 is 15.4 Å². The molecule has 1 heterocycles. The number of ether oxygens (including phenoxy) is 1. The average molecular weight is 271 g/mol. The van der Waals surface area contributed by atoms with Crippen molar-refractivity contribution in [3.63, 3.8) is 0 Å². The molecule has 0 spiro atoms. The first-order valence-corrected chi connectivity index (χ1v) is 6.04. The molecule has 1 aromatic carbocycles. The Morgan fingerprint density at radius 2 is 2.17 bits per heavy atom. The molecule has 0 radical (unpaired) electrons. The van der Waals surface area contributed by atoms with E-state index in [2.05, 4.69) is 10.6 Å². The predicted octanol–water partition coefficient (Wildman–Crippen LogP) is 1.60. The number of hydrogen-bond donors (Lipinski definition) is 2. The number of benzene rings is 1. The first-order valence-electron chi connectivity index (χ1n) is 6.04. The molecule has 2 rings (SSSR count). The van der Waals surface area contributed by atoms with Crippen molar-refractivity contribution < 1.29 is 9.53 Å². The molecule has 1 aromatic rings. The van der Waals surface area contributed by atoms with Gasteiger partial charge in [0.05, 0.1) is 6.61 Å². The summed E-state index contributed by atoms with van der Waals surface area (Å²) in [4.78, 5) is 11.9. The zero-order valence-electron chi connectivity index (χ0n) is 10.4. The molecule has 1 atom stereocenters. The van der Waals surface area contributed by atoms with E-state index >= 15 is 0 Å². The SMILES string of the molecule is CCOc1ccc(C(=O)NC2CCNC2)cc1.Cl. The Bertz CT molecular complexity index is 375. The smallest absolute Gasteiger partial charge is 0.251 e.